The molecule has 33 heavy (non-hydrogen) atoms. The fourth-order valence-electron chi connectivity index (χ4n) is 4.20. The summed E-state index contributed by atoms with van der Waals surface area (Å²) in [6.07, 6.45) is 1.71. The highest BCUT2D eigenvalue weighted by molar-refractivity contribution is 9.11. The molecule has 2 aliphatic heterocycles. The number of carbonyl (C=O) groups excluding carboxylic acids is 3. The van der Waals surface area contributed by atoms with E-state index in [1.807, 2.05) is 30.3 Å². The molecule has 0 spiro atoms. The maximum absolute atomic E-state index is 13.3. The van der Waals surface area contributed by atoms with E-state index in [9.17, 15) is 19.5 Å². The number of ether oxygens (including phenoxy) is 2. The second-order valence-corrected chi connectivity index (χ2v) is 9.41. The molecular formula is C24H30BrNO7. The Balaban J connectivity index is 1.71. The summed E-state index contributed by atoms with van der Waals surface area (Å²) in [7, 11) is 0. The minimum absolute atomic E-state index is 0.114. The molecule has 8 nitrogen and oxygen atoms in total. The van der Waals surface area contributed by atoms with Gasteiger partial charge in [0.25, 0.3) is 0 Å². The van der Waals surface area contributed by atoms with E-state index in [1.165, 1.54) is 13.0 Å². The van der Waals surface area contributed by atoms with Crippen molar-refractivity contribution in [3.63, 3.8) is 0 Å². The monoisotopic (exact) mass is 523 g/mol. The molecule has 2 heterocycles. The second-order valence-electron chi connectivity index (χ2n) is 8.56. The Morgan fingerprint density at radius 3 is 2.52 bits per heavy atom. The van der Waals surface area contributed by atoms with Crippen molar-refractivity contribution >= 4 is 33.7 Å². The molecule has 0 aliphatic carbocycles. The van der Waals surface area contributed by atoms with E-state index in [4.69, 9.17) is 14.6 Å². The number of aliphatic hydroxyl groups excluding tert-OH is 1. The predicted molar refractivity (Wildman–Crippen MR) is 123 cm³/mol. The maximum Gasteiger partial charge on any atom is 0.417 e. The Kier molecular flexibility index (Phi) is 8.44. The molecule has 1 aromatic rings. The van der Waals surface area contributed by atoms with Gasteiger partial charge in [-0.3, -0.25) is 9.59 Å². The fraction of sp³-hybridized carbons (Fsp3) is 0.542. The van der Waals surface area contributed by atoms with Crippen molar-refractivity contribution in [2.45, 2.75) is 70.0 Å². The van der Waals surface area contributed by atoms with Crippen molar-refractivity contribution in [2.24, 2.45) is 5.92 Å². The zero-order valence-corrected chi connectivity index (χ0v) is 20.4. The molecule has 0 radical (unpaired) electrons. The van der Waals surface area contributed by atoms with Gasteiger partial charge in [0.1, 0.15) is 12.2 Å². The fourth-order valence-corrected chi connectivity index (χ4v) is 4.71. The summed E-state index contributed by atoms with van der Waals surface area (Å²) in [5.41, 5.74) is 0.772. The number of benzene rings is 1. The summed E-state index contributed by atoms with van der Waals surface area (Å²) in [6, 6.07) is 8.58. The van der Waals surface area contributed by atoms with Crippen LogP contribution in [0, 0.1) is 5.92 Å². The number of ketones is 1. The number of hydrogen-bond acceptors (Lipinski definition) is 7. The lowest BCUT2D eigenvalue weighted by Gasteiger charge is -2.37. The summed E-state index contributed by atoms with van der Waals surface area (Å²) < 4.78 is 11.4. The van der Waals surface area contributed by atoms with Crippen LogP contribution in [0.25, 0.3) is 0 Å². The van der Waals surface area contributed by atoms with Gasteiger partial charge in [-0.25, -0.2) is 9.69 Å². The molecule has 0 saturated carbocycles. The predicted octanol–water partition coefficient (Wildman–Crippen LogP) is 3.61. The number of carbonyl (C=O) groups is 3. The zero-order valence-electron chi connectivity index (χ0n) is 18.8. The van der Waals surface area contributed by atoms with Crippen LogP contribution in [0.2, 0.25) is 0 Å². The molecule has 0 unspecified atom stereocenters. The van der Waals surface area contributed by atoms with Gasteiger partial charge in [-0.15, -0.1) is 0 Å². The molecule has 180 valence electrons. The van der Waals surface area contributed by atoms with Gasteiger partial charge < -0.3 is 19.7 Å². The van der Waals surface area contributed by atoms with Crippen molar-refractivity contribution in [2.75, 3.05) is 6.61 Å². The standard InChI is InChI=1S/C24H30BrNO7/c1-15(20-18(28)14-19(25)24(31,33-20)12-8-3-4-9-13-27)22(29)26-16(2)21(32-23(26)30)17-10-6-5-7-11-17/h5-7,10-11,14-16,20-21,27,31H,3-4,8-9,12-13H2,1-2H3/t15-,16-,20-,21-,24+/m1/s1. The molecule has 2 amide bonds. The lowest BCUT2D eigenvalue weighted by atomic mass is 9.93. The van der Waals surface area contributed by atoms with Gasteiger partial charge in [0.05, 0.1) is 16.4 Å². The first kappa shape index (κ1) is 25.6. The molecule has 1 saturated heterocycles. The van der Waals surface area contributed by atoms with E-state index in [-0.39, 0.29) is 17.5 Å². The molecule has 1 fully saturated rings. The molecular weight excluding hydrogens is 494 g/mol. The van der Waals surface area contributed by atoms with E-state index in [0.717, 1.165) is 23.3 Å². The number of imide groups is 1. The van der Waals surface area contributed by atoms with E-state index in [2.05, 4.69) is 15.9 Å². The first-order valence-corrected chi connectivity index (χ1v) is 12.0. The van der Waals surface area contributed by atoms with Crippen LogP contribution in [0.5, 0.6) is 0 Å². The van der Waals surface area contributed by atoms with E-state index in [0.29, 0.717) is 12.8 Å². The summed E-state index contributed by atoms with van der Waals surface area (Å²) in [4.78, 5) is 39.5. The van der Waals surface area contributed by atoms with Crippen LogP contribution in [0.15, 0.2) is 40.9 Å². The molecule has 0 aromatic heterocycles. The van der Waals surface area contributed by atoms with Crippen molar-refractivity contribution in [1.82, 2.24) is 4.90 Å². The van der Waals surface area contributed by atoms with Crippen LogP contribution in [-0.4, -0.2) is 57.4 Å². The van der Waals surface area contributed by atoms with Crippen molar-refractivity contribution in [3.8, 4) is 0 Å². The Labute approximate surface area is 201 Å². The van der Waals surface area contributed by atoms with Crippen LogP contribution in [-0.2, 0) is 19.1 Å². The molecule has 0 bridgehead atoms. The number of unbranched alkanes of at least 4 members (excludes halogenated alkanes) is 3. The molecule has 9 heteroatoms. The molecule has 2 N–H and O–H groups in total. The van der Waals surface area contributed by atoms with E-state index in [1.54, 1.807) is 6.92 Å². The molecule has 3 rings (SSSR count). The van der Waals surface area contributed by atoms with Crippen LogP contribution in [0.3, 0.4) is 0 Å². The van der Waals surface area contributed by atoms with Gasteiger partial charge in [0, 0.05) is 13.0 Å². The van der Waals surface area contributed by atoms with Crippen LogP contribution < -0.4 is 0 Å². The summed E-state index contributed by atoms with van der Waals surface area (Å²) >= 11 is 3.22. The van der Waals surface area contributed by atoms with Gasteiger partial charge >= 0.3 is 6.09 Å². The van der Waals surface area contributed by atoms with Gasteiger partial charge in [-0.2, -0.15) is 0 Å². The van der Waals surface area contributed by atoms with Crippen molar-refractivity contribution in [1.29, 1.82) is 0 Å². The summed E-state index contributed by atoms with van der Waals surface area (Å²) in [6.45, 7) is 3.34. The van der Waals surface area contributed by atoms with Gasteiger partial charge in [-0.05, 0) is 47.3 Å². The Bertz CT molecular complexity index is 905. The van der Waals surface area contributed by atoms with Crippen molar-refractivity contribution < 1.29 is 34.1 Å². The van der Waals surface area contributed by atoms with Crippen LogP contribution in [0.1, 0.15) is 57.6 Å². The van der Waals surface area contributed by atoms with Crippen LogP contribution in [0.4, 0.5) is 4.79 Å². The number of halogens is 1. The highest BCUT2D eigenvalue weighted by Crippen LogP contribution is 2.38. The quantitative estimate of drug-likeness (QED) is 0.475. The van der Waals surface area contributed by atoms with Crippen LogP contribution >= 0.6 is 15.9 Å². The summed E-state index contributed by atoms with van der Waals surface area (Å²) in [5.74, 6) is -3.82. The third-order valence-corrected chi connectivity index (χ3v) is 7.00. The summed E-state index contributed by atoms with van der Waals surface area (Å²) in [5, 5.41) is 19.9. The third kappa shape index (κ3) is 5.54. The highest BCUT2D eigenvalue weighted by atomic mass is 79.9. The van der Waals surface area contributed by atoms with Crippen molar-refractivity contribution in [3.05, 3.63) is 46.5 Å². The Morgan fingerprint density at radius 2 is 1.85 bits per heavy atom. The number of hydrogen-bond donors (Lipinski definition) is 2. The van der Waals surface area contributed by atoms with Gasteiger partial charge in [0.15, 0.2) is 11.6 Å². The second kappa shape index (κ2) is 10.9. The largest absolute Gasteiger partial charge is 0.439 e. The molecule has 1 aromatic carbocycles. The normalized spacial score (nSPS) is 28.5. The van der Waals surface area contributed by atoms with Gasteiger partial charge in [0.2, 0.25) is 5.91 Å². The topological polar surface area (TPSA) is 113 Å². The minimum Gasteiger partial charge on any atom is -0.439 e. The maximum atomic E-state index is 13.3. The molecule has 2 aliphatic rings. The number of nitrogens with zero attached hydrogens (tertiary/aromatic N) is 1. The smallest absolute Gasteiger partial charge is 0.417 e. The number of aliphatic hydroxyl groups is 2. The SMILES string of the molecule is C[C@@H]1[C@H](c2ccccc2)OC(=O)N1C(=O)[C@H](C)[C@H]1O[C@@](O)(CCCCCCO)C(Br)=CC1=O. The first-order valence-electron chi connectivity index (χ1n) is 11.2. The van der Waals surface area contributed by atoms with Gasteiger partial charge in [-0.1, -0.05) is 50.1 Å². The number of amides is 2. The van der Waals surface area contributed by atoms with E-state index < -0.39 is 47.7 Å². The molecule has 5 atom stereocenters. The Hall–Kier alpha value is -2.07. The third-order valence-electron chi connectivity index (χ3n) is 6.15. The highest BCUT2D eigenvalue weighted by Gasteiger charge is 2.49. The number of cyclic esters (lactones) is 1. The Morgan fingerprint density at radius 1 is 1.18 bits per heavy atom. The number of rotatable bonds is 9. The average molecular weight is 524 g/mol. The lowest BCUT2D eigenvalue weighted by molar-refractivity contribution is -0.217. The zero-order chi connectivity index (χ0) is 24.2. The lowest BCUT2D eigenvalue weighted by Crippen LogP contribution is -2.51. The average Bonchev–Trinajstić information content (AvgIpc) is 3.10. The first-order chi connectivity index (χ1) is 15.7. The van der Waals surface area contributed by atoms with E-state index >= 15 is 0 Å². The minimum atomic E-state index is -1.74.